The maximum absolute atomic E-state index is 13.2. The number of nitrogens with zero attached hydrogens (tertiary/aromatic N) is 1. The number of amides is 1. The van der Waals surface area contributed by atoms with Crippen molar-refractivity contribution >= 4 is 28.6 Å². The first-order chi connectivity index (χ1) is 16.8. The number of rotatable bonds is 7. The molecule has 1 saturated heterocycles. The van der Waals surface area contributed by atoms with Crippen LogP contribution in [0, 0.1) is 16.7 Å². The molecule has 3 heterocycles. The number of fused-ring (bicyclic) bond motifs is 2. The number of carbonyl (C=O) groups excluding carboxylic acids is 1. The van der Waals surface area contributed by atoms with Gasteiger partial charge in [-0.3, -0.25) is 4.79 Å². The van der Waals surface area contributed by atoms with Gasteiger partial charge in [0, 0.05) is 33.6 Å². The molecule has 0 bridgehead atoms. The van der Waals surface area contributed by atoms with Gasteiger partial charge in [0.2, 0.25) is 5.91 Å². The van der Waals surface area contributed by atoms with Crippen LogP contribution >= 0.6 is 22.7 Å². The molecule has 5 rings (SSSR count). The Morgan fingerprint density at radius 1 is 1.34 bits per heavy atom. The van der Waals surface area contributed by atoms with Gasteiger partial charge in [0.05, 0.1) is 44.7 Å². The number of quaternary nitrogens is 1. The largest absolute Gasteiger partial charge is 0.396 e. The fourth-order valence-electron chi connectivity index (χ4n) is 6.70. The summed E-state index contributed by atoms with van der Waals surface area (Å²) in [6, 6.07) is 2.10. The molecular formula is C26H38N3O4S2+. The maximum Gasteiger partial charge on any atom is 0.220 e. The summed E-state index contributed by atoms with van der Waals surface area (Å²) in [5.41, 5.74) is 1.38. The van der Waals surface area contributed by atoms with Crippen LogP contribution in [0.5, 0.6) is 0 Å². The van der Waals surface area contributed by atoms with E-state index in [-0.39, 0.29) is 29.8 Å². The van der Waals surface area contributed by atoms with Gasteiger partial charge in [-0.05, 0) is 42.0 Å². The molecule has 1 amide bonds. The lowest BCUT2D eigenvalue weighted by Gasteiger charge is -2.58. The lowest BCUT2D eigenvalue weighted by Crippen LogP contribution is -3.14. The highest BCUT2D eigenvalue weighted by atomic mass is 32.1. The second kappa shape index (κ2) is 10.2. The molecule has 0 spiro atoms. The first kappa shape index (κ1) is 25.3. The second-order valence-electron chi connectivity index (χ2n) is 11.0. The smallest absolute Gasteiger partial charge is 0.220 e. The minimum Gasteiger partial charge on any atom is -0.396 e. The zero-order chi connectivity index (χ0) is 24.6. The van der Waals surface area contributed by atoms with Crippen LogP contribution in [0.3, 0.4) is 0 Å². The first-order valence-electron chi connectivity index (χ1n) is 12.8. The Morgan fingerprint density at radius 3 is 2.86 bits per heavy atom. The van der Waals surface area contributed by atoms with Crippen LogP contribution in [0.15, 0.2) is 16.8 Å². The van der Waals surface area contributed by atoms with Gasteiger partial charge >= 0.3 is 0 Å². The van der Waals surface area contributed by atoms with E-state index >= 15 is 0 Å². The van der Waals surface area contributed by atoms with E-state index in [2.05, 4.69) is 29.1 Å². The fraction of sp³-hybridized carbons (Fsp3) is 0.692. The van der Waals surface area contributed by atoms with Crippen molar-refractivity contribution in [3.8, 4) is 10.6 Å². The molecule has 5 atom stereocenters. The normalized spacial score (nSPS) is 33.2. The Labute approximate surface area is 215 Å². The third-order valence-corrected chi connectivity index (χ3v) is 10.9. The van der Waals surface area contributed by atoms with Crippen molar-refractivity contribution in [1.82, 2.24) is 10.3 Å². The summed E-state index contributed by atoms with van der Waals surface area (Å²) in [7, 11) is 0. The number of thiophene rings is 1. The molecule has 0 radical (unpaired) electrons. The van der Waals surface area contributed by atoms with E-state index in [4.69, 9.17) is 9.72 Å². The summed E-state index contributed by atoms with van der Waals surface area (Å²) in [6.07, 6.45) is 2.11. The predicted molar refractivity (Wildman–Crippen MR) is 138 cm³/mol. The van der Waals surface area contributed by atoms with Crippen LogP contribution in [0.25, 0.3) is 10.6 Å². The first-order valence-corrected chi connectivity index (χ1v) is 14.6. The predicted octanol–water partition coefficient (Wildman–Crippen LogP) is 1.71. The summed E-state index contributed by atoms with van der Waals surface area (Å²) < 4.78 is 5.44. The highest BCUT2D eigenvalue weighted by Gasteiger charge is 2.59. The van der Waals surface area contributed by atoms with Gasteiger partial charge in [0.1, 0.15) is 18.1 Å². The lowest BCUT2D eigenvalue weighted by molar-refractivity contribution is -0.906. The molecule has 192 valence electrons. The van der Waals surface area contributed by atoms with Crippen molar-refractivity contribution in [2.75, 3.05) is 46.0 Å². The van der Waals surface area contributed by atoms with Crippen molar-refractivity contribution < 1.29 is 24.6 Å². The number of hydrogen-bond acceptors (Lipinski definition) is 7. The number of aliphatic hydroxyl groups excluding tert-OH is 2. The zero-order valence-electron chi connectivity index (χ0n) is 20.7. The van der Waals surface area contributed by atoms with Crippen molar-refractivity contribution in [3.63, 3.8) is 0 Å². The maximum atomic E-state index is 13.2. The van der Waals surface area contributed by atoms with Crippen molar-refractivity contribution in [2.45, 2.75) is 51.6 Å². The van der Waals surface area contributed by atoms with E-state index in [1.807, 2.05) is 6.92 Å². The number of aliphatic hydroxyl groups is 2. The van der Waals surface area contributed by atoms with Crippen LogP contribution < -0.4 is 10.2 Å². The zero-order valence-corrected chi connectivity index (χ0v) is 22.3. The number of nitrogens with one attached hydrogen (secondary N) is 2. The molecule has 1 aliphatic heterocycles. The molecular weight excluding hydrogens is 482 g/mol. The van der Waals surface area contributed by atoms with Crippen LogP contribution in [-0.4, -0.2) is 73.2 Å². The lowest BCUT2D eigenvalue weighted by atomic mass is 9.47. The van der Waals surface area contributed by atoms with Crippen LogP contribution in [0.1, 0.15) is 49.6 Å². The van der Waals surface area contributed by atoms with E-state index in [0.717, 1.165) is 62.0 Å². The number of thiazole rings is 1. The molecule has 2 aromatic rings. The van der Waals surface area contributed by atoms with E-state index < -0.39 is 11.5 Å². The molecule has 4 N–H and O–H groups in total. The summed E-state index contributed by atoms with van der Waals surface area (Å²) >= 11 is 3.38. The number of carbonyl (C=O) groups is 1. The summed E-state index contributed by atoms with van der Waals surface area (Å²) in [6.45, 7) is 9.38. The van der Waals surface area contributed by atoms with Gasteiger partial charge in [-0.2, -0.15) is 11.3 Å². The summed E-state index contributed by atoms with van der Waals surface area (Å²) in [4.78, 5) is 21.0. The van der Waals surface area contributed by atoms with E-state index in [1.54, 1.807) is 22.7 Å². The Morgan fingerprint density at radius 2 is 2.14 bits per heavy atom. The molecule has 1 saturated carbocycles. The van der Waals surface area contributed by atoms with Crippen molar-refractivity contribution in [3.05, 3.63) is 27.4 Å². The minimum atomic E-state index is -0.592. The Bertz CT molecular complexity index is 1020. The van der Waals surface area contributed by atoms with Gasteiger partial charge in [-0.15, -0.1) is 11.3 Å². The van der Waals surface area contributed by atoms with Gasteiger partial charge < -0.3 is 25.2 Å². The number of hydrogen-bond donors (Lipinski definition) is 4. The van der Waals surface area contributed by atoms with Crippen LogP contribution in [0.2, 0.25) is 0 Å². The number of morpholine rings is 1. The van der Waals surface area contributed by atoms with Gasteiger partial charge in [0.25, 0.3) is 0 Å². The van der Waals surface area contributed by atoms with Crippen LogP contribution in [0.4, 0.5) is 0 Å². The van der Waals surface area contributed by atoms with Gasteiger partial charge in [-0.25, -0.2) is 4.98 Å². The molecule has 2 fully saturated rings. The topological polar surface area (TPSA) is 96.1 Å². The van der Waals surface area contributed by atoms with Crippen molar-refractivity contribution in [2.24, 2.45) is 16.7 Å². The summed E-state index contributed by atoms with van der Waals surface area (Å²) in [5, 5.41) is 29.7. The Hall–Kier alpha value is -1.36. The highest BCUT2D eigenvalue weighted by Crippen LogP contribution is 2.62. The Balaban J connectivity index is 1.40. The van der Waals surface area contributed by atoms with Crippen LogP contribution in [-0.2, 0) is 16.0 Å². The highest BCUT2D eigenvalue weighted by molar-refractivity contribution is 7.15. The second-order valence-corrected chi connectivity index (χ2v) is 12.9. The third kappa shape index (κ3) is 4.71. The fourth-order valence-corrected chi connectivity index (χ4v) is 8.58. The van der Waals surface area contributed by atoms with Crippen molar-refractivity contribution in [1.29, 1.82) is 0 Å². The van der Waals surface area contributed by atoms with E-state index in [0.29, 0.717) is 19.4 Å². The molecule has 2 aliphatic carbocycles. The number of aromatic nitrogens is 1. The SMILES string of the molecule is C[C@]1(CO)[C@H]2Cc3sc(-c4ccsc4)nc3[C@@H](CC(=O)NCC[NH+]3CCOCC3)[C@]2(C)CC[C@H]1O. The molecule has 2 aromatic heterocycles. The molecule has 3 aliphatic rings. The average Bonchev–Trinajstić information content (AvgIpc) is 3.54. The Kier molecular flexibility index (Phi) is 7.36. The molecule has 0 unspecified atom stereocenters. The minimum absolute atomic E-state index is 0.0333. The van der Waals surface area contributed by atoms with E-state index in [1.165, 1.54) is 9.78 Å². The molecule has 35 heavy (non-hydrogen) atoms. The number of ether oxygens (including phenoxy) is 1. The molecule has 9 heteroatoms. The van der Waals surface area contributed by atoms with E-state index in [9.17, 15) is 15.0 Å². The summed E-state index contributed by atoms with van der Waals surface area (Å²) in [5.74, 6) is 0.119. The third-order valence-electron chi connectivity index (χ3n) is 9.05. The van der Waals surface area contributed by atoms with Gasteiger partial charge in [-0.1, -0.05) is 13.8 Å². The molecule has 7 nitrogen and oxygen atoms in total. The average molecular weight is 521 g/mol. The standard InChI is InChI=1S/C26H37N3O4S2/c1-25-5-3-21(31)26(2,16-30)20(25)14-19-23(28-24(35-19)17-4-12-34-15-17)18(25)13-22(32)27-6-7-29-8-10-33-11-9-29/h4,12,15,18,20-21,30-31H,3,5-11,13-14,16H2,1-2H3,(H,27,32)/p+1/t18-,20+,21-,25+,26+/m1/s1. The quantitative estimate of drug-likeness (QED) is 0.446. The molecule has 0 aromatic carbocycles. The van der Waals surface area contributed by atoms with Gasteiger partial charge in [0.15, 0.2) is 0 Å². The monoisotopic (exact) mass is 520 g/mol.